The second-order valence-electron chi connectivity index (χ2n) is 6.80. The maximum Gasteiger partial charge on any atom is 0.227 e. The first-order chi connectivity index (χ1) is 12.2. The average molecular weight is 345 g/mol. The van der Waals surface area contributed by atoms with E-state index in [9.17, 15) is 9.59 Å². The van der Waals surface area contributed by atoms with Gasteiger partial charge in [0, 0.05) is 31.7 Å². The van der Waals surface area contributed by atoms with E-state index in [1.807, 2.05) is 24.3 Å². The van der Waals surface area contributed by atoms with E-state index in [-0.39, 0.29) is 24.2 Å². The molecule has 0 bridgehead atoms. The lowest BCUT2D eigenvalue weighted by atomic mass is 10.1. The zero-order valence-corrected chi connectivity index (χ0v) is 14.9. The van der Waals surface area contributed by atoms with Crippen molar-refractivity contribution in [3.63, 3.8) is 0 Å². The molecule has 2 heterocycles. The molecule has 0 unspecified atom stereocenters. The Kier molecular flexibility index (Phi) is 5.91. The molecule has 136 valence electrons. The third kappa shape index (κ3) is 4.51. The first-order valence-corrected chi connectivity index (χ1v) is 9.12. The lowest BCUT2D eigenvalue weighted by Gasteiger charge is -2.26. The Labute approximate surface area is 149 Å². The zero-order chi connectivity index (χ0) is 17.6. The second kappa shape index (κ2) is 8.34. The number of likely N-dealkylation sites (tertiary alicyclic amines) is 1. The van der Waals surface area contributed by atoms with Crippen molar-refractivity contribution in [1.29, 1.82) is 0 Å². The van der Waals surface area contributed by atoms with Crippen molar-refractivity contribution in [3.05, 3.63) is 24.3 Å². The van der Waals surface area contributed by atoms with Gasteiger partial charge in [0.1, 0.15) is 5.75 Å². The number of methoxy groups -OCH3 is 1. The van der Waals surface area contributed by atoms with Crippen LogP contribution in [0.5, 0.6) is 5.75 Å². The molecule has 6 nitrogen and oxygen atoms in total. The highest BCUT2D eigenvalue weighted by Crippen LogP contribution is 2.26. The van der Waals surface area contributed by atoms with Crippen molar-refractivity contribution in [2.24, 2.45) is 5.92 Å². The van der Waals surface area contributed by atoms with Gasteiger partial charge >= 0.3 is 0 Å². The fraction of sp³-hybridized carbons (Fsp3) is 0.579. The lowest BCUT2D eigenvalue weighted by molar-refractivity contribution is -0.126. The summed E-state index contributed by atoms with van der Waals surface area (Å²) in [5, 5.41) is 3.00. The number of rotatable bonds is 6. The molecule has 1 aromatic rings. The van der Waals surface area contributed by atoms with E-state index in [4.69, 9.17) is 4.74 Å². The highest BCUT2D eigenvalue weighted by molar-refractivity contribution is 6.00. The summed E-state index contributed by atoms with van der Waals surface area (Å²) in [6.07, 6.45) is 4.10. The van der Waals surface area contributed by atoms with Gasteiger partial charge in [0.2, 0.25) is 11.8 Å². The van der Waals surface area contributed by atoms with Gasteiger partial charge in [-0.15, -0.1) is 0 Å². The molecule has 0 aromatic heterocycles. The molecule has 0 saturated carbocycles. The fourth-order valence-corrected chi connectivity index (χ4v) is 3.56. The normalized spacial score (nSPS) is 21.4. The van der Waals surface area contributed by atoms with Crippen LogP contribution in [0.2, 0.25) is 0 Å². The number of nitrogens with one attached hydrogen (secondary N) is 1. The third-order valence-electron chi connectivity index (χ3n) is 5.06. The molecule has 0 radical (unpaired) electrons. The monoisotopic (exact) mass is 345 g/mol. The van der Waals surface area contributed by atoms with Crippen LogP contribution in [0.3, 0.4) is 0 Å². The van der Waals surface area contributed by atoms with Crippen LogP contribution < -0.4 is 15.0 Å². The van der Waals surface area contributed by atoms with Gasteiger partial charge in [0.15, 0.2) is 0 Å². The molecule has 6 heteroatoms. The average Bonchev–Trinajstić information content (AvgIpc) is 3.04. The molecule has 2 fully saturated rings. The van der Waals surface area contributed by atoms with E-state index < -0.39 is 0 Å². The zero-order valence-electron chi connectivity index (χ0n) is 14.9. The molecule has 1 aromatic carbocycles. The number of amides is 2. The van der Waals surface area contributed by atoms with Crippen molar-refractivity contribution >= 4 is 17.5 Å². The number of nitrogens with zero attached hydrogens (tertiary/aromatic N) is 2. The summed E-state index contributed by atoms with van der Waals surface area (Å²) in [7, 11) is 1.61. The van der Waals surface area contributed by atoms with Gasteiger partial charge in [-0.05, 0) is 50.2 Å². The minimum Gasteiger partial charge on any atom is -0.497 e. The van der Waals surface area contributed by atoms with E-state index in [0.717, 1.165) is 31.1 Å². The van der Waals surface area contributed by atoms with Gasteiger partial charge in [0.25, 0.3) is 0 Å². The van der Waals surface area contributed by atoms with Crippen molar-refractivity contribution in [2.45, 2.75) is 25.7 Å². The molecule has 2 amide bonds. The van der Waals surface area contributed by atoms with Crippen LogP contribution in [0.1, 0.15) is 25.7 Å². The maximum absolute atomic E-state index is 12.4. The Morgan fingerprint density at radius 1 is 1.20 bits per heavy atom. The van der Waals surface area contributed by atoms with Crippen LogP contribution >= 0.6 is 0 Å². The molecule has 1 N–H and O–H groups in total. The van der Waals surface area contributed by atoms with Crippen LogP contribution in [0.15, 0.2) is 24.3 Å². The summed E-state index contributed by atoms with van der Waals surface area (Å²) in [6.45, 7) is 4.26. The molecular formula is C19H27N3O3. The van der Waals surface area contributed by atoms with Crippen LogP contribution in [0.25, 0.3) is 0 Å². The number of ether oxygens (including phenoxy) is 1. The largest absolute Gasteiger partial charge is 0.497 e. The molecule has 0 spiro atoms. The van der Waals surface area contributed by atoms with E-state index in [2.05, 4.69) is 10.2 Å². The van der Waals surface area contributed by atoms with Crippen LogP contribution in [-0.4, -0.2) is 56.5 Å². The van der Waals surface area contributed by atoms with Crippen molar-refractivity contribution in [1.82, 2.24) is 10.2 Å². The Bertz CT molecular complexity index is 596. The molecule has 2 aliphatic heterocycles. The SMILES string of the molecule is COc1ccc(N2C[C@@H](C(=O)NCCN3CCCCC3)CC2=O)cc1. The summed E-state index contributed by atoms with van der Waals surface area (Å²) in [6, 6.07) is 7.37. The van der Waals surface area contributed by atoms with Gasteiger partial charge in [-0.2, -0.15) is 0 Å². The van der Waals surface area contributed by atoms with E-state index in [1.54, 1.807) is 12.0 Å². The summed E-state index contributed by atoms with van der Waals surface area (Å²) in [5.41, 5.74) is 0.814. The summed E-state index contributed by atoms with van der Waals surface area (Å²) >= 11 is 0. The number of carbonyl (C=O) groups is 2. The Hall–Kier alpha value is -2.08. The van der Waals surface area contributed by atoms with Crippen LogP contribution in [0, 0.1) is 5.92 Å². The van der Waals surface area contributed by atoms with Crippen molar-refractivity contribution in [2.75, 3.05) is 44.7 Å². The van der Waals surface area contributed by atoms with Crippen LogP contribution in [0.4, 0.5) is 5.69 Å². The van der Waals surface area contributed by atoms with Crippen molar-refractivity contribution in [3.8, 4) is 5.75 Å². The Morgan fingerprint density at radius 3 is 2.60 bits per heavy atom. The number of hydrogen-bond acceptors (Lipinski definition) is 4. The molecule has 1 atom stereocenters. The highest BCUT2D eigenvalue weighted by atomic mass is 16.5. The van der Waals surface area contributed by atoms with E-state index in [0.29, 0.717) is 13.1 Å². The number of carbonyl (C=O) groups excluding carboxylic acids is 2. The van der Waals surface area contributed by atoms with Gasteiger partial charge in [-0.25, -0.2) is 0 Å². The summed E-state index contributed by atoms with van der Waals surface area (Å²) in [4.78, 5) is 28.7. The number of benzene rings is 1. The molecule has 2 aliphatic rings. The number of piperidine rings is 1. The topological polar surface area (TPSA) is 61.9 Å². The molecule has 2 saturated heterocycles. The van der Waals surface area contributed by atoms with Gasteiger partial charge in [-0.1, -0.05) is 6.42 Å². The van der Waals surface area contributed by atoms with Gasteiger partial charge < -0.3 is 19.9 Å². The highest BCUT2D eigenvalue weighted by Gasteiger charge is 2.35. The third-order valence-corrected chi connectivity index (χ3v) is 5.06. The van der Waals surface area contributed by atoms with Gasteiger partial charge in [0.05, 0.1) is 13.0 Å². The number of anilines is 1. The first kappa shape index (κ1) is 17.7. The Balaban J connectivity index is 1.48. The standard InChI is InChI=1S/C19H27N3O3/c1-25-17-7-5-16(6-8-17)22-14-15(13-18(22)23)19(24)20-9-12-21-10-3-2-4-11-21/h5-8,15H,2-4,9-14H2,1H3,(H,20,24)/t15-/m0/s1. The minimum atomic E-state index is -0.268. The predicted molar refractivity (Wildman–Crippen MR) is 96.8 cm³/mol. The number of hydrogen-bond donors (Lipinski definition) is 1. The molecular weight excluding hydrogens is 318 g/mol. The van der Waals surface area contributed by atoms with Gasteiger partial charge in [-0.3, -0.25) is 9.59 Å². The fourth-order valence-electron chi connectivity index (χ4n) is 3.56. The Morgan fingerprint density at radius 2 is 1.92 bits per heavy atom. The van der Waals surface area contributed by atoms with Crippen molar-refractivity contribution < 1.29 is 14.3 Å². The lowest BCUT2D eigenvalue weighted by Crippen LogP contribution is -2.40. The quantitative estimate of drug-likeness (QED) is 0.852. The molecule has 3 rings (SSSR count). The molecule has 0 aliphatic carbocycles. The van der Waals surface area contributed by atoms with E-state index in [1.165, 1.54) is 19.3 Å². The minimum absolute atomic E-state index is 0.00125. The molecule has 25 heavy (non-hydrogen) atoms. The van der Waals surface area contributed by atoms with Crippen LogP contribution in [-0.2, 0) is 9.59 Å². The maximum atomic E-state index is 12.4. The smallest absolute Gasteiger partial charge is 0.227 e. The summed E-state index contributed by atoms with van der Waals surface area (Å²) < 4.78 is 5.14. The first-order valence-electron chi connectivity index (χ1n) is 9.12. The predicted octanol–water partition coefficient (Wildman–Crippen LogP) is 1.65. The second-order valence-corrected chi connectivity index (χ2v) is 6.80. The summed E-state index contributed by atoms with van der Waals surface area (Å²) in [5.74, 6) is 0.473. The van der Waals surface area contributed by atoms with E-state index >= 15 is 0 Å².